The van der Waals surface area contributed by atoms with Crippen LogP contribution in [-0.4, -0.2) is 12.1 Å². The third-order valence-corrected chi connectivity index (χ3v) is 3.20. The fourth-order valence-corrected chi connectivity index (χ4v) is 2.15. The van der Waals surface area contributed by atoms with Gasteiger partial charge in [0, 0.05) is 23.0 Å². The second kappa shape index (κ2) is 6.52. The first-order valence-corrected chi connectivity index (χ1v) is 6.31. The van der Waals surface area contributed by atoms with Gasteiger partial charge in [-0.15, -0.1) is 0 Å². The maximum Gasteiger partial charge on any atom is 0.125 e. The number of pyridine rings is 1. The van der Waals surface area contributed by atoms with Gasteiger partial charge in [-0.3, -0.25) is 16.3 Å². The molecule has 5 heteroatoms. The van der Waals surface area contributed by atoms with Crippen LogP contribution >= 0.6 is 11.6 Å². The van der Waals surface area contributed by atoms with E-state index in [2.05, 4.69) is 10.4 Å². The number of methoxy groups -OCH3 is 1. The van der Waals surface area contributed by atoms with Gasteiger partial charge in [0.25, 0.3) is 0 Å². The predicted octanol–water partition coefficient (Wildman–Crippen LogP) is 2.49. The van der Waals surface area contributed by atoms with Gasteiger partial charge in [0.1, 0.15) is 5.75 Å². The van der Waals surface area contributed by atoms with Crippen molar-refractivity contribution in [3.05, 3.63) is 58.9 Å². The SMILES string of the molecule is COc1cc(Cl)ccc1C(Cc1ccncc1)NN. The van der Waals surface area contributed by atoms with Crippen molar-refractivity contribution in [2.24, 2.45) is 5.84 Å². The average Bonchev–Trinajstić information content (AvgIpc) is 2.46. The lowest BCUT2D eigenvalue weighted by molar-refractivity contribution is 0.399. The molecule has 100 valence electrons. The molecule has 3 N–H and O–H groups in total. The lowest BCUT2D eigenvalue weighted by Crippen LogP contribution is -2.29. The molecule has 0 spiro atoms. The zero-order chi connectivity index (χ0) is 13.7. The van der Waals surface area contributed by atoms with Crippen LogP contribution in [0.3, 0.4) is 0 Å². The Hall–Kier alpha value is -1.62. The van der Waals surface area contributed by atoms with Crippen LogP contribution in [0.2, 0.25) is 5.02 Å². The third-order valence-electron chi connectivity index (χ3n) is 2.96. The molecule has 2 aromatic rings. The maximum atomic E-state index is 5.96. The minimum Gasteiger partial charge on any atom is -0.496 e. The summed E-state index contributed by atoms with van der Waals surface area (Å²) in [5.74, 6) is 6.39. The Kier molecular flexibility index (Phi) is 4.74. The number of hydrazine groups is 1. The molecule has 0 aliphatic carbocycles. The highest BCUT2D eigenvalue weighted by molar-refractivity contribution is 6.30. The van der Waals surface area contributed by atoms with Crippen LogP contribution in [-0.2, 0) is 6.42 Å². The van der Waals surface area contributed by atoms with Crippen molar-refractivity contribution in [3.8, 4) is 5.75 Å². The molecule has 1 unspecified atom stereocenters. The molecule has 2 rings (SSSR count). The topological polar surface area (TPSA) is 60.2 Å². The number of halogens is 1. The predicted molar refractivity (Wildman–Crippen MR) is 76.0 cm³/mol. The number of aromatic nitrogens is 1. The second-order valence-corrected chi connectivity index (χ2v) is 4.60. The van der Waals surface area contributed by atoms with Crippen molar-refractivity contribution >= 4 is 11.6 Å². The highest BCUT2D eigenvalue weighted by Gasteiger charge is 2.15. The van der Waals surface area contributed by atoms with Crippen LogP contribution in [0.5, 0.6) is 5.75 Å². The Morgan fingerprint density at radius 3 is 2.68 bits per heavy atom. The van der Waals surface area contributed by atoms with E-state index in [1.54, 1.807) is 25.6 Å². The first kappa shape index (κ1) is 13.8. The van der Waals surface area contributed by atoms with Crippen LogP contribution in [0.25, 0.3) is 0 Å². The molecule has 0 amide bonds. The van der Waals surface area contributed by atoms with E-state index in [-0.39, 0.29) is 6.04 Å². The Morgan fingerprint density at radius 2 is 2.05 bits per heavy atom. The summed E-state index contributed by atoms with van der Waals surface area (Å²) in [7, 11) is 1.62. The molecule has 19 heavy (non-hydrogen) atoms. The van der Waals surface area contributed by atoms with Crippen molar-refractivity contribution in [1.82, 2.24) is 10.4 Å². The number of nitrogens with two attached hydrogens (primary N) is 1. The molecule has 0 aliphatic heterocycles. The lowest BCUT2D eigenvalue weighted by Gasteiger charge is -2.19. The van der Waals surface area contributed by atoms with Crippen LogP contribution in [0.15, 0.2) is 42.7 Å². The first-order chi connectivity index (χ1) is 9.24. The molecule has 0 radical (unpaired) electrons. The Bertz CT molecular complexity index is 533. The normalized spacial score (nSPS) is 12.2. The number of benzene rings is 1. The molecule has 0 bridgehead atoms. The Morgan fingerprint density at radius 1 is 1.32 bits per heavy atom. The summed E-state index contributed by atoms with van der Waals surface area (Å²) >= 11 is 5.96. The van der Waals surface area contributed by atoms with E-state index in [0.29, 0.717) is 5.02 Å². The highest BCUT2D eigenvalue weighted by atomic mass is 35.5. The van der Waals surface area contributed by atoms with Crippen LogP contribution < -0.4 is 16.0 Å². The maximum absolute atomic E-state index is 5.96. The average molecular weight is 278 g/mol. The van der Waals surface area contributed by atoms with Gasteiger partial charge in [-0.1, -0.05) is 17.7 Å². The molecule has 0 saturated heterocycles. The van der Waals surface area contributed by atoms with Crippen molar-refractivity contribution in [3.63, 3.8) is 0 Å². The third kappa shape index (κ3) is 3.44. The van der Waals surface area contributed by atoms with Gasteiger partial charge in [0.2, 0.25) is 0 Å². The van der Waals surface area contributed by atoms with Crippen molar-refractivity contribution in [1.29, 1.82) is 0 Å². The molecule has 1 aromatic carbocycles. The minimum atomic E-state index is -0.0467. The van der Waals surface area contributed by atoms with Crippen molar-refractivity contribution < 1.29 is 4.74 Å². The molecular weight excluding hydrogens is 262 g/mol. The molecule has 4 nitrogen and oxygen atoms in total. The standard InChI is InChI=1S/C14H16ClN3O/c1-19-14-9-11(15)2-3-12(14)13(18-16)8-10-4-6-17-7-5-10/h2-7,9,13,18H,8,16H2,1H3. The summed E-state index contributed by atoms with van der Waals surface area (Å²) < 4.78 is 5.35. The molecule has 1 aromatic heterocycles. The summed E-state index contributed by atoms with van der Waals surface area (Å²) in [5, 5.41) is 0.639. The minimum absolute atomic E-state index is 0.0467. The van der Waals surface area contributed by atoms with Crippen LogP contribution in [0, 0.1) is 0 Å². The van der Waals surface area contributed by atoms with E-state index in [0.717, 1.165) is 23.3 Å². The smallest absolute Gasteiger partial charge is 0.125 e. The van der Waals surface area contributed by atoms with E-state index in [4.69, 9.17) is 22.2 Å². The second-order valence-electron chi connectivity index (χ2n) is 4.17. The molecular formula is C14H16ClN3O. The van der Waals surface area contributed by atoms with Gasteiger partial charge < -0.3 is 4.74 Å². The van der Waals surface area contributed by atoms with Crippen LogP contribution in [0.1, 0.15) is 17.2 Å². The summed E-state index contributed by atoms with van der Waals surface area (Å²) in [6, 6.07) is 9.42. The zero-order valence-electron chi connectivity index (χ0n) is 10.6. The number of ether oxygens (including phenoxy) is 1. The first-order valence-electron chi connectivity index (χ1n) is 5.93. The van der Waals surface area contributed by atoms with Gasteiger partial charge in [-0.25, -0.2) is 0 Å². The summed E-state index contributed by atoms with van der Waals surface area (Å²) in [6.45, 7) is 0. The number of hydrogen-bond donors (Lipinski definition) is 2. The van der Waals surface area contributed by atoms with Crippen molar-refractivity contribution in [2.75, 3.05) is 7.11 Å². The summed E-state index contributed by atoms with van der Waals surface area (Å²) in [4.78, 5) is 4.00. The number of nitrogens with zero attached hydrogens (tertiary/aromatic N) is 1. The zero-order valence-corrected chi connectivity index (χ0v) is 11.4. The van der Waals surface area contributed by atoms with E-state index in [9.17, 15) is 0 Å². The fourth-order valence-electron chi connectivity index (χ4n) is 1.99. The quantitative estimate of drug-likeness (QED) is 0.651. The number of rotatable bonds is 5. The van der Waals surface area contributed by atoms with E-state index < -0.39 is 0 Å². The Labute approximate surface area is 117 Å². The number of nitrogens with one attached hydrogen (secondary N) is 1. The molecule has 1 heterocycles. The van der Waals surface area contributed by atoms with E-state index in [1.807, 2.05) is 24.3 Å². The van der Waals surface area contributed by atoms with Gasteiger partial charge in [-0.05, 0) is 36.2 Å². The van der Waals surface area contributed by atoms with Gasteiger partial charge in [0.15, 0.2) is 0 Å². The Balaban J connectivity index is 2.27. The van der Waals surface area contributed by atoms with Crippen LogP contribution in [0.4, 0.5) is 0 Å². The van der Waals surface area contributed by atoms with E-state index >= 15 is 0 Å². The van der Waals surface area contributed by atoms with Gasteiger partial charge in [0.05, 0.1) is 13.2 Å². The molecule has 0 fully saturated rings. The molecule has 0 saturated carbocycles. The summed E-state index contributed by atoms with van der Waals surface area (Å²) in [6.07, 6.45) is 4.28. The van der Waals surface area contributed by atoms with Gasteiger partial charge >= 0.3 is 0 Å². The van der Waals surface area contributed by atoms with E-state index in [1.165, 1.54) is 0 Å². The molecule has 1 atom stereocenters. The van der Waals surface area contributed by atoms with Crippen molar-refractivity contribution in [2.45, 2.75) is 12.5 Å². The highest BCUT2D eigenvalue weighted by Crippen LogP contribution is 2.29. The number of hydrogen-bond acceptors (Lipinski definition) is 4. The van der Waals surface area contributed by atoms with Gasteiger partial charge in [-0.2, -0.15) is 0 Å². The lowest BCUT2D eigenvalue weighted by atomic mass is 9.99. The summed E-state index contributed by atoms with van der Waals surface area (Å²) in [5.41, 5.74) is 4.94. The fraction of sp³-hybridized carbons (Fsp3) is 0.214. The largest absolute Gasteiger partial charge is 0.496 e. The monoisotopic (exact) mass is 277 g/mol. The molecule has 0 aliphatic rings.